The van der Waals surface area contributed by atoms with Gasteiger partial charge in [0.15, 0.2) is 0 Å². The van der Waals surface area contributed by atoms with Crippen LogP contribution in [-0.2, 0) is 19.9 Å². The van der Waals surface area contributed by atoms with Gasteiger partial charge in [0, 0.05) is 6.26 Å². The van der Waals surface area contributed by atoms with Crippen molar-refractivity contribution in [1.29, 1.82) is 0 Å². The van der Waals surface area contributed by atoms with E-state index >= 15 is 0 Å². The molecule has 19 heavy (non-hydrogen) atoms. The predicted molar refractivity (Wildman–Crippen MR) is 72.9 cm³/mol. The molecule has 0 bridgehead atoms. The van der Waals surface area contributed by atoms with E-state index in [0.29, 0.717) is 5.56 Å². The summed E-state index contributed by atoms with van der Waals surface area (Å²) in [4.78, 5) is 0. The standard InChI is InChI=1S/C11H17NO5S2/c1-18(14,15)7-8-19(16,17)12-11(9-13)10-5-3-2-4-6-10/h2-6,11-13H,7-9H2,1H3/t11-/m0/s1. The van der Waals surface area contributed by atoms with E-state index in [9.17, 15) is 21.9 Å². The summed E-state index contributed by atoms with van der Waals surface area (Å²) >= 11 is 0. The molecule has 0 aliphatic carbocycles. The van der Waals surface area contributed by atoms with Crippen LogP contribution in [-0.4, -0.2) is 46.3 Å². The minimum atomic E-state index is -3.76. The number of aliphatic hydroxyl groups is 1. The third-order valence-electron chi connectivity index (χ3n) is 2.43. The van der Waals surface area contributed by atoms with E-state index in [1.165, 1.54) is 0 Å². The van der Waals surface area contributed by atoms with Crippen LogP contribution in [0.2, 0.25) is 0 Å². The zero-order chi connectivity index (χ0) is 14.5. The molecule has 0 spiro atoms. The van der Waals surface area contributed by atoms with Crippen molar-refractivity contribution in [3.8, 4) is 0 Å². The number of benzene rings is 1. The molecule has 108 valence electrons. The molecule has 0 saturated carbocycles. The second-order valence-corrected chi connectivity index (χ2v) is 8.35. The summed E-state index contributed by atoms with van der Waals surface area (Å²) in [6, 6.07) is 7.81. The molecule has 0 amide bonds. The highest BCUT2D eigenvalue weighted by Gasteiger charge is 2.20. The Balaban J connectivity index is 2.76. The lowest BCUT2D eigenvalue weighted by Crippen LogP contribution is -2.34. The fourth-order valence-electron chi connectivity index (χ4n) is 1.43. The minimum Gasteiger partial charge on any atom is -0.394 e. The van der Waals surface area contributed by atoms with Crippen LogP contribution in [0.25, 0.3) is 0 Å². The third kappa shape index (κ3) is 6.15. The zero-order valence-electron chi connectivity index (χ0n) is 10.5. The Morgan fingerprint density at radius 3 is 2.16 bits per heavy atom. The Morgan fingerprint density at radius 2 is 1.68 bits per heavy atom. The second-order valence-electron chi connectivity index (χ2n) is 4.21. The quantitative estimate of drug-likeness (QED) is 0.719. The van der Waals surface area contributed by atoms with Crippen LogP contribution >= 0.6 is 0 Å². The van der Waals surface area contributed by atoms with Crippen LogP contribution < -0.4 is 4.72 Å². The van der Waals surface area contributed by atoms with Gasteiger partial charge in [0.2, 0.25) is 10.0 Å². The molecule has 0 heterocycles. The maximum absolute atomic E-state index is 11.7. The Bertz CT molecular complexity index is 595. The first kappa shape index (κ1) is 16.1. The van der Waals surface area contributed by atoms with E-state index < -0.39 is 44.0 Å². The number of rotatable bonds is 7. The van der Waals surface area contributed by atoms with E-state index in [4.69, 9.17) is 0 Å². The van der Waals surface area contributed by atoms with Crippen LogP contribution in [0.5, 0.6) is 0 Å². The minimum absolute atomic E-state index is 0.401. The average molecular weight is 307 g/mol. The molecule has 1 aromatic carbocycles. The molecule has 6 nitrogen and oxygen atoms in total. The average Bonchev–Trinajstić information content (AvgIpc) is 2.34. The smallest absolute Gasteiger partial charge is 0.213 e. The lowest BCUT2D eigenvalue weighted by atomic mass is 10.1. The number of sulfone groups is 1. The largest absolute Gasteiger partial charge is 0.394 e. The van der Waals surface area contributed by atoms with Gasteiger partial charge in [-0.2, -0.15) is 0 Å². The Labute approximate surface area is 113 Å². The molecule has 0 radical (unpaired) electrons. The molecule has 0 aliphatic rings. The first-order valence-corrected chi connectivity index (χ1v) is 9.28. The SMILES string of the molecule is CS(=O)(=O)CCS(=O)(=O)N[C@@H](CO)c1ccccc1. The summed E-state index contributed by atoms with van der Waals surface area (Å²) in [7, 11) is -7.11. The van der Waals surface area contributed by atoms with Gasteiger partial charge in [-0.05, 0) is 5.56 Å². The van der Waals surface area contributed by atoms with Gasteiger partial charge in [-0.3, -0.25) is 0 Å². The topological polar surface area (TPSA) is 101 Å². The van der Waals surface area contributed by atoms with Crippen molar-refractivity contribution in [3.63, 3.8) is 0 Å². The lowest BCUT2D eigenvalue weighted by molar-refractivity contribution is 0.259. The van der Waals surface area contributed by atoms with Gasteiger partial charge in [0.05, 0.1) is 24.2 Å². The fraction of sp³-hybridized carbons (Fsp3) is 0.455. The van der Waals surface area contributed by atoms with Crippen LogP contribution in [0.15, 0.2) is 30.3 Å². The van der Waals surface area contributed by atoms with Crippen LogP contribution in [0.1, 0.15) is 11.6 Å². The molecule has 0 aromatic heterocycles. The molecular formula is C11H17NO5S2. The van der Waals surface area contributed by atoms with E-state index in [1.54, 1.807) is 30.3 Å². The maximum atomic E-state index is 11.7. The zero-order valence-corrected chi connectivity index (χ0v) is 12.1. The van der Waals surface area contributed by atoms with Crippen molar-refractivity contribution < 1.29 is 21.9 Å². The summed E-state index contributed by atoms with van der Waals surface area (Å²) in [5, 5.41) is 9.23. The highest BCUT2D eigenvalue weighted by atomic mass is 32.2. The Kier molecular flexibility index (Phi) is 5.48. The van der Waals surface area contributed by atoms with Crippen molar-refractivity contribution in [1.82, 2.24) is 4.72 Å². The first-order chi connectivity index (χ1) is 8.73. The Hall–Kier alpha value is -0.960. The van der Waals surface area contributed by atoms with Gasteiger partial charge < -0.3 is 5.11 Å². The fourth-order valence-corrected chi connectivity index (χ4v) is 4.28. The summed E-state index contributed by atoms with van der Waals surface area (Å²) < 4.78 is 47.7. The summed E-state index contributed by atoms with van der Waals surface area (Å²) in [5.74, 6) is -0.968. The van der Waals surface area contributed by atoms with E-state index in [-0.39, 0.29) is 0 Å². The predicted octanol–water partition coefficient (Wildman–Crippen LogP) is -0.316. The van der Waals surface area contributed by atoms with Crippen molar-refractivity contribution in [2.45, 2.75) is 6.04 Å². The van der Waals surface area contributed by atoms with E-state index in [2.05, 4.69) is 4.72 Å². The first-order valence-electron chi connectivity index (χ1n) is 5.57. The number of hydrogen-bond donors (Lipinski definition) is 2. The van der Waals surface area contributed by atoms with Gasteiger partial charge in [-0.25, -0.2) is 21.6 Å². The van der Waals surface area contributed by atoms with Crippen molar-refractivity contribution in [3.05, 3.63) is 35.9 Å². The highest BCUT2D eigenvalue weighted by molar-refractivity contribution is 7.93. The highest BCUT2D eigenvalue weighted by Crippen LogP contribution is 2.12. The molecule has 0 unspecified atom stereocenters. The van der Waals surface area contributed by atoms with E-state index in [1.807, 2.05) is 0 Å². The van der Waals surface area contributed by atoms with E-state index in [0.717, 1.165) is 6.26 Å². The normalized spacial score (nSPS) is 14.2. The van der Waals surface area contributed by atoms with Gasteiger partial charge in [-0.15, -0.1) is 0 Å². The van der Waals surface area contributed by atoms with Gasteiger partial charge in [0.25, 0.3) is 0 Å². The molecule has 0 fully saturated rings. The van der Waals surface area contributed by atoms with Crippen molar-refractivity contribution in [2.75, 3.05) is 24.4 Å². The molecule has 0 aliphatic heterocycles. The lowest BCUT2D eigenvalue weighted by Gasteiger charge is -2.16. The molecular weight excluding hydrogens is 290 g/mol. The van der Waals surface area contributed by atoms with Crippen LogP contribution in [0.4, 0.5) is 0 Å². The Morgan fingerprint density at radius 1 is 1.11 bits per heavy atom. The van der Waals surface area contributed by atoms with Gasteiger partial charge in [0.1, 0.15) is 9.84 Å². The molecule has 1 aromatic rings. The molecule has 1 atom stereocenters. The number of sulfonamides is 1. The second kappa shape index (κ2) is 6.47. The summed E-state index contributed by atoms with van der Waals surface area (Å²) in [5.41, 5.74) is 0.618. The maximum Gasteiger partial charge on any atom is 0.213 e. The summed E-state index contributed by atoms with van der Waals surface area (Å²) in [6.45, 7) is -0.401. The van der Waals surface area contributed by atoms with Crippen molar-refractivity contribution >= 4 is 19.9 Å². The summed E-state index contributed by atoms with van der Waals surface area (Å²) in [6.07, 6.45) is 0.975. The molecule has 1 rings (SSSR count). The number of aliphatic hydroxyl groups excluding tert-OH is 1. The monoisotopic (exact) mass is 307 g/mol. The number of nitrogens with one attached hydrogen (secondary N) is 1. The molecule has 2 N–H and O–H groups in total. The molecule has 0 saturated heterocycles. The van der Waals surface area contributed by atoms with Gasteiger partial charge >= 0.3 is 0 Å². The molecule has 8 heteroatoms. The van der Waals surface area contributed by atoms with Crippen molar-refractivity contribution in [2.24, 2.45) is 0 Å². The van der Waals surface area contributed by atoms with Crippen LogP contribution in [0.3, 0.4) is 0 Å². The van der Waals surface area contributed by atoms with Crippen LogP contribution in [0, 0.1) is 0 Å². The van der Waals surface area contributed by atoms with Gasteiger partial charge in [-0.1, -0.05) is 30.3 Å². The third-order valence-corrected chi connectivity index (χ3v) is 5.02. The number of hydrogen-bond acceptors (Lipinski definition) is 5.